The number of benzodiazepines with no additional fused rings is 1. The highest BCUT2D eigenvalue weighted by Crippen LogP contribution is 2.31. The average molecular weight is 406 g/mol. The zero-order chi connectivity index (χ0) is 20.2. The number of anilines is 1. The first kappa shape index (κ1) is 19.2. The fraction of sp³-hybridized carbons (Fsp3) is 0.217. The van der Waals surface area contributed by atoms with E-state index < -0.39 is 0 Å². The van der Waals surface area contributed by atoms with Crippen LogP contribution in [0.3, 0.4) is 0 Å². The summed E-state index contributed by atoms with van der Waals surface area (Å²) in [7, 11) is 3.72. The molecule has 0 saturated carbocycles. The Kier molecular flexibility index (Phi) is 5.62. The molecule has 4 rings (SSSR count). The van der Waals surface area contributed by atoms with Crippen LogP contribution in [0.25, 0.3) is 0 Å². The lowest BCUT2D eigenvalue weighted by Crippen LogP contribution is -2.43. The van der Waals surface area contributed by atoms with Gasteiger partial charge in [-0.15, -0.1) is 0 Å². The number of benzene rings is 2. The molecule has 2 aromatic carbocycles. The fourth-order valence-electron chi connectivity index (χ4n) is 3.48. The Labute approximate surface area is 174 Å². The molecule has 1 aliphatic rings. The van der Waals surface area contributed by atoms with Crippen LogP contribution in [0.2, 0.25) is 0 Å². The van der Waals surface area contributed by atoms with Gasteiger partial charge in [0.1, 0.15) is 5.75 Å². The van der Waals surface area contributed by atoms with Crippen LogP contribution >= 0.6 is 11.3 Å². The maximum Gasteiger partial charge on any atom is 0.251 e. The van der Waals surface area contributed by atoms with Crippen LogP contribution in [-0.4, -0.2) is 44.9 Å². The Morgan fingerprint density at radius 2 is 2.07 bits per heavy atom. The van der Waals surface area contributed by atoms with Gasteiger partial charge in [0.25, 0.3) is 5.91 Å². The van der Waals surface area contributed by atoms with Gasteiger partial charge in [-0.05, 0) is 35.7 Å². The zero-order valence-corrected chi connectivity index (χ0v) is 17.3. The lowest BCUT2D eigenvalue weighted by Gasteiger charge is -2.29. The first-order valence-electron chi connectivity index (χ1n) is 9.49. The van der Waals surface area contributed by atoms with Crippen molar-refractivity contribution >= 4 is 28.6 Å². The summed E-state index contributed by atoms with van der Waals surface area (Å²) < 4.78 is 5.45. The Balaban J connectivity index is 1.62. The van der Waals surface area contributed by atoms with E-state index >= 15 is 0 Å². The highest BCUT2D eigenvalue weighted by atomic mass is 32.1. The first-order valence-corrected chi connectivity index (χ1v) is 10.4. The molecular weight excluding hydrogens is 382 g/mol. The number of likely N-dealkylation sites (N-methyl/N-ethyl adjacent to an activating group) is 1. The minimum Gasteiger partial charge on any atom is -0.497 e. The molecule has 0 spiro atoms. The summed E-state index contributed by atoms with van der Waals surface area (Å²) in [6.45, 7) is 1.09. The minimum atomic E-state index is -0.0730. The van der Waals surface area contributed by atoms with Crippen LogP contribution in [0.5, 0.6) is 5.75 Å². The van der Waals surface area contributed by atoms with E-state index in [-0.39, 0.29) is 11.9 Å². The van der Waals surface area contributed by atoms with E-state index in [0.29, 0.717) is 18.7 Å². The van der Waals surface area contributed by atoms with E-state index in [2.05, 4.69) is 33.1 Å². The van der Waals surface area contributed by atoms with Gasteiger partial charge in [-0.25, -0.2) is 0 Å². The van der Waals surface area contributed by atoms with Crippen LogP contribution in [0.15, 0.2) is 70.3 Å². The van der Waals surface area contributed by atoms with Gasteiger partial charge in [0, 0.05) is 47.4 Å². The standard InChI is InChI=1S/C23H23N3O2S/c1-26-18(14-25-23(27)16-6-4-3-5-7-16)13-24-22(17-10-11-29-15-17)20-9-8-19(28-2)12-21(20)26/h3-12,15,18H,13-14H2,1-2H3,(H,25,27). The molecule has 1 N–H and O–H groups in total. The summed E-state index contributed by atoms with van der Waals surface area (Å²) in [5.41, 5.74) is 4.87. The molecule has 1 aliphatic heterocycles. The van der Waals surface area contributed by atoms with Gasteiger partial charge >= 0.3 is 0 Å². The number of hydrogen-bond acceptors (Lipinski definition) is 5. The molecule has 1 aromatic heterocycles. The number of ether oxygens (including phenoxy) is 1. The van der Waals surface area contributed by atoms with Gasteiger partial charge in [-0.3, -0.25) is 9.79 Å². The second-order valence-electron chi connectivity index (χ2n) is 6.93. The summed E-state index contributed by atoms with van der Waals surface area (Å²) in [4.78, 5) is 19.6. The van der Waals surface area contributed by atoms with E-state index in [1.807, 2.05) is 49.5 Å². The molecule has 148 valence electrons. The molecule has 0 radical (unpaired) electrons. The number of amides is 1. The number of fused-ring (bicyclic) bond motifs is 1. The number of aliphatic imine (C=N–C) groups is 1. The molecule has 1 unspecified atom stereocenters. The number of rotatable bonds is 5. The van der Waals surface area contributed by atoms with Gasteiger partial charge in [-0.1, -0.05) is 18.2 Å². The molecule has 0 fully saturated rings. The van der Waals surface area contributed by atoms with Crippen molar-refractivity contribution in [2.24, 2.45) is 4.99 Å². The quantitative estimate of drug-likeness (QED) is 0.702. The normalized spacial score (nSPS) is 15.9. The minimum absolute atomic E-state index is 0.0321. The molecule has 1 atom stereocenters. The maximum absolute atomic E-state index is 12.5. The monoisotopic (exact) mass is 405 g/mol. The largest absolute Gasteiger partial charge is 0.497 e. The van der Waals surface area contributed by atoms with Crippen molar-refractivity contribution in [3.05, 3.63) is 82.0 Å². The maximum atomic E-state index is 12.5. The highest BCUT2D eigenvalue weighted by molar-refractivity contribution is 7.08. The van der Waals surface area contributed by atoms with Crippen molar-refractivity contribution < 1.29 is 9.53 Å². The number of nitrogens with one attached hydrogen (secondary N) is 1. The molecule has 29 heavy (non-hydrogen) atoms. The summed E-state index contributed by atoms with van der Waals surface area (Å²) >= 11 is 1.66. The molecule has 0 saturated heterocycles. The zero-order valence-electron chi connectivity index (χ0n) is 16.5. The molecule has 0 aliphatic carbocycles. The molecule has 1 amide bonds. The van der Waals surface area contributed by atoms with Crippen molar-refractivity contribution in [3.8, 4) is 5.75 Å². The Hall–Kier alpha value is -3.12. The lowest BCUT2D eigenvalue weighted by atomic mass is 10.0. The molecule has 2 heterocycles. The number of carbonyl (C=O) groups is 1. The fourth-order valence-corrected chi connectivity index (χ4v) is 4.12. The van der Waals surface area contributed by atoms with Crippen LogP contribution in [0.1, 0.15) is 21.5 Å². The van der Waals surface area contributed by atoms with Crippen LogP contribution in [0.4, 0.5) is 5.69 Å². The van der Waals surface area contributed by atoms with Crippen molar-refractivity contribution in [3.63, 3.8) is 0 Å². The smallest absolute Gasteiger partial charge is 0.251 e. The lowest BCUT2D eigenvalue weighted by molar-refractivity contribution is 0.0951. The van der Waals surface area contributed by atoms with E-state index in [9.17, 15) is 4.79 Å². The Morgan fingerprint density at radius 1 is 1.24 bits per heavy atom. The average Bonchev–Trinajstić information content (AvgIpc) is 3.26. The van der Waals surface area contributed by atoms with Crippen molar-refractivity contribution in [1.82, 2.24) is 5.32 Å². The third-order valence-corrected chi connectivity index (χ3v) is 5.86. The third-order valence-electron chi connectivity index (χ3n) is 5.18. The molecule has 0 bridgehead atoms. The predicted molar refractivity (Wildman–Crippen MR) is 119 cm³/mol. The van der Waals surface area contributed by atoms with E-state index in [1.165, 1.54) is 0 Å². The van der Waals surface area contributed by atoms with Gasteiger partial charge < -0.3 is 15.0 Å². The summed E-state index contributed by atoms with van der Waals surface area (Å²) in [6.07, 6.45) is 0. The summed E-state index contributed by atoms with van der Waals surface area (Å²) in [5.74, 6) is 0.727. The third kappa shape index (κ3) is 4.03. The topological polar surface area (TPSA) is 53.9 Å². The summed E-state index contributed by atoms with van der Waals surface area (Å²) in [6, 6.07) is 17.5. The van der Waals surface area contributed by atoms with Crippen molar-refractivity contribution in [2.75, 3.05) is 32.1 Å². The van der Waals surface area contributed by atoms with Gasteiger partial charge in [-0.2, -0.15) is 11.3 Å². The van der Waals surface area contributed by atoms with Gasteiger partial charge in [0.2, 0.25) is 0 Å². The Bertz CT molecular complexity index is 1020. The number of carbonyl (C=O) groups excluding carboxylic acids is 1. The molecular formula is C23H23N3O2S. The second-order valence-corrected chi connectivity index (χ2v) is 7.71. The van der Waals surface area contributed by atoms with E-state index in [0.717, 1.165) is 28.3 Å². The predicted octanol–water partition coefficient (Wildman–Crippen LogP) is 3.84. The first-order chi connectivity index (χ1) is 14.2. The highest BCUT2D eigenvalue weighted by Gasteiger charge is 2.25. The SMILES string of the molecule is COc1ccc2c(c1)N(C)C(CNC(=O)c1ccccc1)CN=C2c1ccsc1. The Morgan fingerprint density at radius 3 is 2.79 bits per heavy atom. The molecule has 3 aromatic rings. The van der Waals surface area contributed by atoms with E-state index in [4.69, 9.17) is 9.73 Å². The van der Waals surface area contributed by atoms with Gasteiger partial charge in [0.05, 0.1) is 25.4 Å². The summed E-state index contributed by atoms with van der Waals surface area (Å²) in [5, 5.41) is 7.23. The van der Waals surface area contributed by atoms with Crippen LogP contribution in [-0.2, 0) is 0 Å². The number of thiophene rings is 1. The number of hydrogen-bond donors (Lipinski definition) is 1. The van der Waals surface area contributed by atoms with Gasteiger partial charge in [0.15, 0.2) is 0 Å². The number of nitrogens with zero attached hydrogens (tertiary/aromatic N) is 2. The molecule has 6 heteroatoms. The number of methoxy groups -OCH3 is 1. The van der Waals surface area contributed by atoms with Crippen molar-refractivity contribution in [1.29, 1.82) is 0 Å². The van der Waals surface area contributed by atoms with Crippen LogP contribution < -0.4 is 15.0 Å². The van der Waals surface area contributed by atoms with Crippen molar-refractivity contribution in [2.45, 2.75) is 6.04 Å². The second kappa shape index (κ2) is 8.49. The van der Waals surface area contributed by atoms with E-state index in [1.54, 1.807) is 18.4 Å². The van der Waals surface area contributed by atoms with Crippen LogP contribution in [0, 0.1) is 0 Å². The molecule has 5 nitrogen and oxygen atoms in total.